The summed E-state index contributed by atoms with van der Waals surface area (Å²) in [7, 11) is 2.08. The molecular formula is C10H19N3O2. The highest BCUT2D eigenvalue weighted by atomic mass is 16.5. The lowest BCUT2D eigenvalue weighted by Gasteiger charge is -2.33. The first-order chi connectivity index (χ1) is 7.09. The fraction of sp³-hybridized carbons (Fsp3) is 0.900. The maximum absolute atomic E-state index is 11.7. The van der Waals surface area contributed by atoms with Gasteiger partial charge in [-0.1, -0.05) is 0 Å². The third kappa shape index (κ3) is 2.00. The predicted molar refractivity (Wildman–Crippen MR) is 56.4 cm³/mol. The molecule has 5 nitrogen and oxygen atoms in total. The Hall–Kier alpha value is -0.650. The predicted octanol–water partition coefficient (Wildman–Crippen LogP) is -1.12. The van der Waals surface area contributed by atoms with Crippen LogP contribution in [0.25, 0.3) is 0 Å². The molecule has 5 heteroatoms. The van der Waals surface area contributed by atoms with Crippen LogP contribution in [0.15, 0.2) is 0 Å². The van der Waals surface area contributed by atoms with E-state index in [1.165, 1.54) is 0 Å². The Balaban J connectivity index is 2.01. The third-order valence-corrected chi connectivity index (χ3v) is 3.28. The summed E-state index contributed by atoms with van der Waals surface area (Å²) in [6.07, 6.45) is 0.173. The molecule has 2 unspecified atom stereocenters. The second kappa shape index (κ2) is 4.08. The van der Waals surface area contributed by atoms with Gasteiger partial charge in [-0.25, -0.2) is 0 Å². The number of nitrogens with zero attached hydrogens (tertiary/aromatic N) is 2. The number of likely N-dealkylation sites (N-methyl/N-ethyl adjacent to an activating group) is 1. The Bertz CT molecular complexity index is 257. The fourth-order valence-corrected chi connectivity index (χ4v) is 2.33. The lowest BCUT2D eigenvalue weighted by molar-refractivity contribution is -0.131. The molecule has 0 aromatic carbocycles. The summed E-state index contributed by atoms with van der Waals surface area (Å²) < 4.78 is 5.66. The Labute approximate surface area is 90.1 Å². The number of carbonyl (C=O) groups is 1. The van der Waals surface area contributed by atoms with Crippen molar-refractivity contribution >= 4 is 5.91 Å². The zero-order valence-electron chi connectivity index (χ0n) is 9.35. The van der Waals surface area contributed by atoms with E-state index in [-0.39, 0.29) is 12.0 Å². The Morgan fingerprint density at radius 1 is 1.53 bits per heavy atom. The first-order valence-corrected chi connectivity index (χ1v) is 5.46. The van der Waals surface area contributed by atoms with Gasteiger partial charge in [0.05, 0.1) is 24.8 Å². The van der Waals surface area contributed by atoms with Crippen molar-refractivity contribution in [3.63, 3.8) is 0 Å². The van der Waals surface area contributed by atoms with Crippen molar-refractivity contribution < 1.29 is 9.53 Å². The van der Waals surface area contributed by atoms with Crippen LogP contribution >= 0.6 is 0 Å². The minimum absolute atomic E-state index is 0.0291. The number of fused-ring (bicyclic) bond motifs is 1. The number of carbonyl (C=O) groups excluding carboxylic acids is 1. The van der Waals surface area contributed by atoms with Gasteiger partial charge in [0.1, 0.15) is 0 Å². The van der Waals surface area contributed by atoms with Gasteiger partial charge >= 0.3 is 0 Å². The van der Waals surface area contributed by atoms with E-state index in [2.05, 4.69) is 11.9 Å². The van der Waals surface area contributed by atoms with E-state index in [0.717, 1.165) is 19.7 Å². The van der Waals surface area contributed by atoms with Crippen LogP contribution in [0.4, 0.5) is 0 Å². The first-order valence-electron chi connectivity index (χ1n) is 5.46. The standard InChI is InChI=1S/C10H19N3O2/c1-7(11)10(14)13-5-8-9(6-13)15-4-3-12(8)2/h7-9H,3-6,11H2,1-2H3/t7-,8?,9?/m0/s1. The maximum Gasteiger partial charge on any atom is 0.239 e. The molecule has 0 aromatic rings. The van der Waals surface area contributed by atoms with E-state index >= 15 is 0 Å². The molecule has 2 aliphatic heterocycles. The van der Waals surface area contributed by atoms with E-state index in [0.29, 0.717) is 12.6 Å². The van der Waals surface area contributed by atoms with Crippen LogP contribution in [0.5, 0.6) is 0 Å². The lowest BCUT2D eigenvalue weighted by atomic mass is 10.1. The smallest absolute Gasteiger partial charge is 0.239 e. The highest BCUT2D eigenvalue weighted by Gasteiger charge is 2.40. The molecule has 0 aromatic heterocycles. The molecule has 1 amide bonds. The Kier molecular flexibility index (Phi) is 2.95. The monoisotopic (exact) mass is 213 g/mol. The first kappa shape index (κ1) is 10.9. The summed E-state index contributed by atoms with van der Waals surface area (Å²) in [5, 5.41) is 0. The molecule has 0 saturated carbocycles. The largest absolute Gasteiger partial charge is 0.373 e. The van der Waals surface area contributed by atoms with Gasteiger partial charge in [0.15, 0.2) is 0 Å². The second-order valence-electron chi connectivity index (χ2n) is 4.49. The molecule has 0 bridgehead atoms. The molecule has 2 N–H and O–H groups in total. The summed E-state index contributed by atoms with van der Waals surface area (Å²) in [6.45, 7) is 4.88. The zero-order chi connectivity index (χ0) is 11.0. The van der Waals surface area contributed by atoms with Crippen molar-refractivity contribution in [3.8, 4) is 0 Å². The molecule has 15 heavy (non-hydrogen) atoms. The molecule has 2 rings (SSSR count). The van der Waals surface area contributed by atoms with Crippen LogP contribution in [0.3, 0.4) is 0 Å². The quantitative estimate of drug-likeness (QED) is 0.599. The minimum Gasteiger partial charge on any atom is -0.373 e. The molecule has 2 aliphatic rings. The number of likely N-dealkylation sites (tertiary alicyclic amines) is 1. The highest BCUT2D eigenvalue weighted by Crippen LogP contribution is 2.21. The van der Waals surface area contributed by atoms with Crippen LogP contribution in [-0.4, -0.2) is 67.2 Å². The van der Waals surface area contributed by atoms with E-state index in [9.17, 15) is 4.79 Å². The average molecular weight is 213 g/mol. The number of nitrogens with two attached hydrogens (primary N) is 1. The molecule has 86 valence electrons. The van der Waals surface area contributed by atoms with Gasteiger partial charge in [-0.05, 0) is 14.0 Å². The summed E-state index contributed by atoms with van der Waals surface area (Å²) in [5.41, 5.74) is 5.59. The van der Waals surface area contributed by atoms with E-state index in [1.807, 2.05) is 4.90 Å². The van der Waals surface area contributed by atoms with Gasteiger partial charge in [0.2, 0.25) is 5.91 Å². The van der Waals surface area contributed by atoms with Crippen LogP contribution < -0.4 is 5.73 Å². The van der Waals surface area contributed by atoms with Crippen molar-refractivity contribution in [2.75, 3.05) is 33.3 Å². The van der Waals surface area contributed by atoms with Crippen molar-refractivity contribution in [2.24, 2.45) is 5.73 Å². The van der Waals surface area contributed by atoms with Crippen molar-refractivity contribution in [3.05, 3.63) is 0 Å². The van der Waals surface area contributed by atoms with Crippen LogP contribution in [0, 0.1) is 0 Å². The summed E-state index contributed by atoms with van der Waals surface area (Å²) in [4.78, 5) is 15.8. The lowest BCUT2D eigenvalue weighted by Crippen LogP contribution is -2.48. The molecular weight excluding hydrogens is 194 g/mol. The van der Waals surface area contributed by atoms with Gasteiger partial charge in [-0.2, -0.15) is 0 Å². The maximum atomic E-state index is 11.7. The molecule has 0 aliphatic carbocycles. The average Bonchev–Trinajstić information content (AvgIpc) is 2.61. The normalized spacial score (nSPS) is 33.9. The third-order valence-electron chi connectivity index (χ3n) is 3.28. The molecule has 0 radical (unpaired) electrons. The second-order valence-corrected chi connectivity index (χ2v) is 4.49. The summed E-state index contributed by atoms with van der Waals surface area (Å²) >= 11 is 0. The van der Waals surface area contributed by atoms with E-state index in [1.54, 1.807) is 6.92 Å². The number of hydrogen-bond donors (Lipinski definition) is 1. The molecule has 2 saturated heterocycles. The Morgan fingerprint density at radius 2 is 2.27 bits per heavy atom. The topological polar surface area (TPSA) is 58.8 Å². The minimum atomic E-state index is -0.407. The molecule has 2 fully saturated rings. The van der Waals surface area contributed by atoms with Crippen molar-refractivity contribution in [2.45, 2.75) is 25.1 Å². The van der Waals surface area contributed by atoms with Crippen LogP contribution in [0.2, 0.25) is 0 Å². The van der Waals surface area contributed by atoms with E-state index in [4.69, 9.17) is 10.5 Å². The van der Waals surface area contributed by atoms with Gasteiger partial charge in [-0.15, -0.1) is 0 Å². The zero-order valence-corrected chi connectivity index (χ0v) is 9.35. The number of ether oxygens (including phenoxy) is 1. The van der Waals surface area contributed by atoms with E-state index < -0.39 is 6.04 Å². The van der Waals surface area contributed by atoms with Gasteiger partial charge in [-0.3, -0.25) is 9.69 Å². The summed E-state index contributed by atoms with van der Waals surface area (Å²) in [5.74, 6) is 0.0291. The number of rotatable bonds is 1. The van der Waals surface area contributed by atoms with Gasteiger partial charge in [0.25, 0.3) is 0 Å². The highest BCUT2D eigenvalue weighted by molar-refractivity contribution is 5.81. The van der Waals surface area contributed by atoms with Gasteiger partial charge in [0, 0.05) is 19.6 Å². The van der Waals surface area contributed by atoms with Crippen molar-refractivity contribution in [1.29, 1.82) is 0 Å². The van der Waals surface area contributed by atoms with Gasteiger partial charge < -0.3 is 15.4 Å². The van der Waals surface area contributed by atoms with Crippen LogP contribution in [0.1, 0.15) is 6.92 Å². The SMILES string of the molecule is C[C@H](N)C(=O)N1CC2OCCN(C)C2C1. The fourth-order valence-electron chi connectivity index (χ4n) is 2.33. The van der Waals surface area contributed by atoms with Crippen molar-refractivity contribution in [1.82, 2.24) is 9.80 Å². The summed E-state index contributed by atoms with van der Waals surface area (Å²) in [6, 6.07) is -0.0584. The number of hydrogen-bond acceptors (Lipinski definition) is 4. The van der Waals surface area contributed by atoms with Crippen LogP contribution in [-0.2, 0) is 9.53 Å². The molecule has 2 heterocycles. The Morgan fingerprint density at radius 3 is 2.87 bits per heavy atom. The number of morpholine rings is 1. The molecule has 0 spiro atoms. The number of amides is 1. The molecule has 3 atom stereocenters.